The minimum absolute atomic E-state index is 0.737. The molecule has 0 amide bonds. The first-order chi connectivity index (χ1) is 10.3. The highest BCUT2D eigenvalue weighted by atomic mass is 15.1. The summed E-state index contributed by atoms with van der Waals surface area (Å²) < 4.78 is 2.49. The van der Waals surface area contributed by atoms with Crippen LogP contribution in [0.15, 0.2) is 30.3 Å². The molecule has 112 valence electrons. The van der Waals surface area contributed by atoms with E-state index in [1.165, 1.54) is 29.8 Å². The largest absolute Gasteiger partial charge is 0.327 e. The Kier molecular flexibility index (Phi) is 4.39. The zero-order chi connectivity index (χ0) is 14.7. The zero-order valence-corrected chi connectivity index (χ0v) is 13.1. The predicted octanol–water partition coefficient (Wildman–Crippen LogP) is 3.63. The average molecular weight is 283 g/mol. The lowest BCUT2D eigenvalue weighted by Gasteiger charge is -2.20. The molecule has 21 heavy (non-hydrogen) atoms. The number of fused-ring (bicyclic) bond motifs is 1. The molecule has 3 nitrogen and oxygen atoms in total. The van der Waals surface area contributed by atoms with Crippen LogP contribution in [0.3, 0.4) is 0 Å². The van der Waals surface area contributed by atoms with Crippen LogP contribution in [0.5, 0.6) is 0 Å². The van der Waals surface area contributed by atoms with Crippen molar-refractivity contribution < 1.29 is 0 Å². The van der Waals surface area contributed by atoms with Crippen molar-refractivity contribution in [1.29, 1.82) is 0 Å². The second kappa shape index (κ2) is 6.44. The summed E-state index contributed by atoms with van der Waals surface area (Å²) >= 11 is 0. The Labute approximate surface area is 127 Å². The van der Waals surface area contributed by atoms with E-state index < -0.39 is 0 Å². The number of benzene rings is 1. The van der Waals surface area contributed by atoms with Gasteiger partial charge in [-0.25, -0.2) is 4.98 Å². The first-order valence-electron chi connectivity index (χ1n) is 8.17. The number of aromatic nitrogens is 2. The molecule has 0 spiro atoms. The summed E-state index contributed by atoms with van der Waals surface area (Å²) in [6.45, 7) is 7.66. The third-order valence-electron chi connectivity index (χ3n) is 4.61. The summed E-state index contributed by atoms with van der Waals surface area (Å²) in [5, 5.41) is 3.44. The van der Waals surface area contributed by atoms with Crippen molar-refractivity contribution in [1.82, 2.24) is 14.9 Å². The molecule has 0 atom stereocenters. The van der Waals surface area contributed by atoms with Crippen LogP contribution in [0, 0.1) is 5.92 Å². The molecule has 0 fully saturated rings. The molecule has 3 heteroatoms. The predicted molar refractivity (Wildman–Crippen MR) is 87.1 cm³/mol. The molecule has 3 rings (SSSR count). The van der Waals surface area contributed by atoms with E-state index in [4.69, 9.17) is 4.98 Å². The monoisotopic (exact) mass is 283 g/mol. The lowest BCUT2D eigenvalue weighted by atomic mass is 10.0. The average Bonchev–Trinajstić information content (AvgIpc) is 2.92. The molecule has 0 saturated heterocycles. The van der Waals surface area contributed by atoms with Crippen LogP contribution < -0.4 is 5.32 Å². The van der Waals surface area contributed by atoms with Crippen molar-refractivity contribution in [3.8, 4) is 11.4 Å². The molecule has 2 heterocycles. The quantitative estimate of drug-likeness (QED) is 0.908. The number of nitrogens with zero attached hydrogens (tertiary/aromatic N) is 2. The second-order valence-corrected chi connectivity index (χ2v) is 5.91. The fraction of sp³-hybridized carbons (Fsp3) is 0.500. The standard InChI is InChI=1S/C18H25N3/c1-3-14(4-2)13-21-17-10-11-19-12-16(17)20-18(21)15-8-6-5-7-9-15/h5-9,14,19H,3-4,10-13H2,1-2H3. The van der Waals surface area contributed by atoms with Gasteiger partial charge in [0.15, 0.2) is 0 Å². The van der Waals surface area contributed by atoms with Gasteiger partial charge in [-0.05, 0) is 5.92 Å². The highest BCUT2D eigenvalue weighted by Crippen LogP contribution is 2.26. The summed E-state index contributed by atoms with van der Waals surface area (Å²) in [7, 11) is 0. The van der Waals surface area contributed by atoms with E-state index in [2.05, 4.69) is 54.1 Å². The minimum atomic E-state index is 0.737. The van der Waals surface area contributed by atoms with Gasteiger partial charge in [-0.1, -0.05) is 57.0 Å². The lowest BCUT2D eigenvalue weighted by molar-refractivity contribution is 0.411. The molecule has 0 radical (unpaired) electrons. The summed E-state index contributed by atoms with van der Waals surface area (Å²) in [4.78, 5) is 4.94. The topological polar surface area (TPSA) is 29.9 Å². The summed E-state index contributed by atoms with van der Waals surface area (Å²) in [6.07, 6.45) is 3.56. The van der Waals surface area contributed by atoms with E-state index in [0.717, 1.165) is 37.8 Å². The van der Waals surface area contributed by atoms with Gasteiger partial charge in [0, 0.05) is 37.3 Å². The van der Waals surface area contributed by atoms with Crippen LogP contribution in [-0.4, -0.2) is 16.1 Å². The highest BCUT2D eigenvalue weighted by Gasteiger charge is 2.21. The Hall–Kier alpha value is -1.61. The molecule has 1 aromatic carbocycles. The summed E-state index contributed by atoms with van der Waals surface area (Å²) in [5.74, 6) is 1.89. The van der Waals surface area contributed by atoms with Gasteiger partial charge >= 0.3 is 0 Å². The van der Waals surface area contributed by atoms with Crippen molar-refractivity contribution in [2.45, 2.75) is 46.2 Å². The van der Waals surface area contributed by atoms with Gasteiger partial charge in [-0.2, -0.15) is 0 Å². The Morgan fingerprint density at radius 3 is 2.67 bits per heavy atom. The van der Waals surface area contributed by atoms with Gasteiger partial charge in [0.2, 0.25) is 0 Å². The molecule has 1 aliphatic rings. The first kappa shape index (κ1) is 14.3. The van der Waals surface area contributed by atoms with Gasteiger partial charge in [0.1, 0.15) is 5.82 Å². The maximum absolute atomic E-state index is 4.94. The summed E-state index contributed by atoms with van der Waals surface area (Å²) in [6, 6.07) is 10.6. The van der Waals surface area contributed by atoms with E-state index in [1.54, 1.807) is 0 Å². The number of imidazole rings is 1. The first-order valence-corrected chi connectivity index (χ1v) is 8.17. The van der Waals surface area contributed by atoms with E-state index in [-0.39, 0.29) is 0 Å². The van der Waals surface area contributed by atoms with E-state index in [0.29, 0.717) is 0 Å². The molecule has 1 N–H and O–H groups in total. The van der Waals surface area contributed by atoms with E-state index >= 15 is 0 Å². The number of rotatable bonds is 5. The van der Waals surface area contributed by atoms with Crippen molar-refractivity contribution in [2.75, 3.05) is 6.54 Å². The number of hydrogen-bond donors (Lipinski definition) is 1. The van der Waals surface area contributed by atoms with Crippen molar-refractivity contribution >= 4 is 0 Å². The molecule has 0 saturated carbocycles. The van der Waals surface area contributed by atoms with Crippen molar-refractivity contribution in [3.05, 3.63) is 41.7 Å². The third kappa shape index (κ3) is 2.88. The minimum Gasteiger partial charge on any atom is -0.327 e. The molecule has 0 aliphatic carbocycles. The lowest BCUT2D eigenvalue weighted by Crippen LogP contribution is -2.25. The third-order valence-corrected chi connectivity index (χ3v) is 4.61. The van der Waals surface area contributed by atoms with Crippen molar-refractivity contribution in [2.24, 2.45) is 5.92 Å². The van der Waals surface area contributed by atoms with Crippen LogP contribution >= 0.6 is 0 Å². The molecular weight excluding hydrogens is 258 g/mol. The number of hydrogen-bond acceptors (Lipinski definition) is 2. The maximum Gasteiger partial charge on any atom is 0.140 e. The van der Waals surface area contributed by atoms with Crippen LogP contribution in [0.2, 0.25) is 0 Å². The Balaban J connectivity index is 2.04. The molecular formula is C18H25N3. The Morgan fingerprint density at radius 1 is 1.19 bits per heavy atom. The summed E-state index contributed by atoms with van der Waals surface area (Å²) in [5.41, 5.74) is 3.92. The Morgan fingerprint density at radius 2 is 1.95 bits per heavy atom. The van der Waals surface area contributed by atoms with Gasteiger partial charge in [0.05, 0.1) is 5.69 Å². The SMILES string of the molecule is CCC(CC)Cn1c(-c2ccccc2)nc2c1CCNC2. The highest BCUT2D eigenvalue weighted by molar-refractivity contribution is 5.57. The second-order valence-electron chi connectivity index (χ2n) is 5.91. The molecule has 0 bridgehead atoms. The van der Waals surface area contributed by atoms with Crippen LogP contribution in [-0.2, 0) is 19.5 Å². The normalized spacial score (nSPS) is 14.4. The van der Waals surface area contributed by atoms with Crippen LogP contribution in [0.1, 0.15) is 38.1 Å². The van der Waals surface area contributed by atoms with Gasteiger partial charge in [-0.15, -0.1) is 0 Å². The van der Waals surface area contributed by atoms with Gasteiger partial charge in [0.25, 0.3) is 0 Å². The van der Waals surface area contributed by atoms with E-state index in [9.17, 15) is 0 Å². The van der Waals surface area contributed by atoms with Gasteiger partial charge in [-0.3, -0.25) is 0 Å². The Bertz CT molecular complexity index is 582. The molecule has 2 aromatic rings. The fourth-order valence-corrected chi connectivity index (χ4v) is 3.18. The maximum atomic E-state index is 4.94. The van der Waals surface area contributed by atoms with Crippen LogP contribution in [0.25, 0.3) is 11.4 Å². The van der Waals surface area contributed by atoms with Gasteiger partial charge < -0.3 is 9.88 Å². The molecule has 0 unspecified atom stereocenters. The molecule has 1 aliphatic heterocycles. The smallest absolute Gasteiger partial charge is 0.140 e. The van der Waals surface area contributed by atoms with Crippen molar-refractivity contribution in [3.63, 3.8) is 0 Å². The van der Waals surface area contributed by atoms with Crippen LogP contribution in [0.4, 0.5) is 0 Å². The number of nitrogens with one attached hydrogen (secondary N) is 1. The molecule has 1 aromatic heterocycles. The fourth-order valence-electron chi connectivity index (χ4n) is 3.18. The zero-order valence-electron chi connectivity index (χ0n) is 13.1. The van der Waals surface area contributed by atoms with E-state index in [1.807, 2.05) is 0 Å².